The molecule has 24 heavy (non-hydrogen) atoms. The molecule has 1 aromatic rings. The Morgan fingerprint density at radius 3 is 2.83 bits per heavy atom. The lowest BCUT2D eigenvalue weighted by Crippen LogP contribution is -2.54. The van der Waals surface area contributed by atoms with E-state index in [0.717, 1.165) is 55.7 Å². The van der Waals surface area contributed by atoms with E-state index in [1.54, 1.807) is 14.2 Å². The summed E-state index contributed by atoms with van der Waals surface area (Å²) in [6.07, 6.45) is 4.76. The van der Waals surface area contributed by atoms with Crippen molar-refractivity contribution in [1.82, 2.24) is 4.90 Å². The fourth-order valence-electron chi connectivity index (χ4n) is 4.49. The Morgan fingerprint density at radius 1 is 1.29 bits per heavy atom. The second-order valence-electron chi connectivity index (χ2n) is 6.89. The van der Waals surface area contributed by atoms with E-state index in [4.69, 9.17) is 9.47 Å². The van der Waals surface area contributed by atoms with Crippen LogP contribution in [-0.4, -0.2) is 42.9 Å². The zero-order valence-electron chi connectivity index (χ0n) is 14.5. The quantitative estimate of drug-likeness (QED) is 0.860. The summed E-state index contributed by atoms with van der Waals surface area (Å²) in [5.74, 6) is 1.68. The Hall–Kier alpha value is -1.77. The van der Waals surface area contributed by atoms with Crippen molar-refractivity contribution in [2.75, 3.05) is 27.3 Å². The average molecular weight is 330 g/mol. The molecule has 3 atom stereocenters. The van der Waals surface area contributed by atoms with Crippen LogP contribution in [0.25, 0.3) is 0 Å². The highest BCUT2D eigenvalue weighted by Gasteiger charge is 2.49. The number of likely N-dealkylation sites (tertiary alicyclic amines) is 1. The second-order valence-corrected chi connectivity index (χ2v) is 6.89. The van der Waals surface area contributed by atoms with Crippen LogP contribution >= 0.6 is 0 Å². The summed E-state index contributed by atoms with van der Waals surface area (Å²) < 4.78 is 11.0. The standard InChI is InChI=1S/C19H26N2O3/c1-23-14-6-7-17(24-2)15(13-14)18-16-5-3-4-8-19(16,22)9-11-21(18)12-10-20/h6-7,13,16,18,22H,3-5,8-9,11-12H2,1-2H3/t16-,18-,19-/m1/s1. The zero-order valence-corrected chi connectivity index (χ0v) is 14.5. The largest absolute Gasteiger partial charge is 0.497 e. The number of nitrogens with zero attached hydrogens (tertiary/aromatic N) is 2. The molecule has 1 heterocycles. The maximum Gasteiger partial charge on any atom is 0.123 e. The van der Waals surface area contributed by atoms with Crippen molar-refractivity contribution in [1.29, 1.82) is 5.26 Å². The van der Waals surface area contributed by atoms with E-state index in [0.29, 0.717) is 6.54 Å². The minimum atomic E-state index is -0.636. The monoisotopic (exact) mass is 330 g/mol. The molecule has 5 nitrogen and oxygen atoms in total. The molecule has 130 valence electrons. The van der Waals surface area contributed by atoms with Crippen LogP contribution in [0.3, 0.4) is 0 Å². The van der Waals surface area contributed by atoms with Crippen LogP contribution in [-0.2, 0) is 0 Å². The zero-order chi connectivity index (χ0) is 17.2. The number of fused-ring (bicyclic) bond motifs is 1. The van der Waals surface area contributed by atoms with Crippen LogP contribution in [0, 0.1) is 17.2 Å². The van der Waals surface area contributed by atoms with Crippen LogP contribution in [0.4, 0.5) is 0 Å². The van der Waals surface area contributed by atoms with Gasteiger partial charge in [-0.05, 0) is 37.5 Å². The van der Waals surface area contributed by atoms with Gasteiger partial charge in [-0.1, -0.05) is 12.8 Å². The van der Waals surface area contributed by atoms with E-state index in [2.05, 4.69) is 11.0 Å². The lowest BCUT2D eigenvalue weighted by Gasteiger charge is -2.52. The second kappa shape index (κ2) is 7.00. The van der Waals surface area contributed by atoms with E-state index in [9.17, 15) is 10.4 Å². The summed E-state index contributed by atoms with van der Waals surface area (Å²) in [6.45, 7) is 1.09. The predicted molar refractivity (Wildman–Crippen MR) is 91.0 cm³/mol. The summed E-state index contributed by atoms with van der Waals surface area (Å²) in [6, 6.07) is 8.05. The van der Waals surface area contributed by atoms with Crippen molar-refractivity contribution in [3.63, 3.8) is 0 Å². The summed E-state index contributed by atoms with van der Waals surface area (Å²) in [4.78, 5) is 2.18. The molecule has 2 aliphatic rings. The first kappa shape index (κ1) is 17.1. The first-order chi connectivity index (χ1) is 11.6. The third-order valence-electron chi connectivity index (χ3n) is 5.70. The van der Waals surface area contributed by atoms with Gasteiger partial charge in [0.2, 0.25) is 0 Å². The van der Waals surface area contributed by atoms with Crippen molar-refractivity contribution in [3.8, 4) is 17.6 Å². The van der Waals surface area contributed by atoms with Crippen LogP contribution in [0.15, 0.2) is 18.2 Å². The molecule has 0 spiro atoms. The number of benzene rings is 1. The Balaban J connectivity index is 2.07. The van der Waals surface area contributed by atoms with Gasteiger partial charge in [0.05, 0.1) is 32.4 Å². The highest BCUT2D eigenvalue weighted by Crippen LogP contribution is 2.51. The first-order valence-corrected chi connectivity index (χ1v) is 8.68. The Kier molecular flexibility index (Phi) is 4.98. The fourth-order valence-corrected chi connectivity index (χ4v) is 4.49. The normalized spacial score (nSPS) is 30.2. The molecule has 1 saturated heterocycles. The maximum atomic E-state index is 11.2. The number of piperidine rings is 1. The SMILES string of the molecule is COc1ccc(OC)c([C@@H]2[C@H]3CCCC[C@@]3(O)CCN2CC#N)c1. The van der Waals surface area contributed by atoms with Gasteiger partial charge >= 0.3 is 0 Å². The van der Waals surface area contributed by atoms with Crippen molar-refractivity contribution in [3.05, 3.63) is 23.8 Å². The summed E-state index contributed by atoms with van der Waals surface area (Å²) in [5, 5.41) is 20.5. The minimum Gasteiger partial charge on any atom is -0.497 e. The van der Waals surface area contributed by atoms with Gasteiger partial charge in [-0.15, -0.1) is 0 Å². The van der Waals surface area contributed by atoms with Gasteiger partial charge in [0.25, 0.3) is 0 Å². The lowest BCUT2D eigenvalue weighted by atomic mass is 9.66. The van der Waals surface area contributed by atoms with Gasteiger partial charge in [0.15, 0.2) is 0 Å². The molecule has 2 fully saturated rings. The van der Waals surface area contributed by atoms with Crippen molar-refractivity contribution >= 4 is 0 Å². The summed E-state index contributed by atoms with van der Waals surface area (Å²) >= 11 is 0. The molecule has 0 radical (unpaired) electrons. The number of methoxy groups -OCH3 is 2. The summed E-state index contributed by atoms with van der Waals surface area (Å²) in [7, 11) is 3.31. The van der Waals surface area contributed by atoms with Crippen molar-refractivity contribution < 1.29 is 14.6 Å². The summed E-state index contributed by atoms with van der Waals surface area (Å²) in [5.41, 5.74) is 0.375. The van der Waals surface area contributed by atoms with Gasteiger partial charge in [-0.25, -0.2) is 0 Å². The average Bonchev–Trinajstić information content (AvgIpc) is 2.61. The number of ether oxygens (including phenoxy) is 2. The van der Waals surface area contributed by atoms with E-state index in [1.807, 2.05) is 18.2 Å². The Labute approximate surface area is 143 Å². The molecule has 0 bridgehead atoms. The molecule has 0 unspecified atom stereocenters. The number of nitriles is 1. The Morgan fingerprint density at radius 2 is 2.12 bits per heavy atom. The van der Waals surface area contributed by atoms with E-state index < -0.39 is 5.60 Å². The molecule has 1 aliphatic carbocycles. The molecule has 1 aliphatic heterocycles. The molecule has 3 rings (SSSR count). The third-order valence-corrected chi connectivity index (χ3v) is 5.70. The molecule has 0 amide bonds. The van der Waals surface area contributed by atoms with E-state index in [1.165, 1.54) is 0 Å². The van der Waals surface area contributed by atoms with Gasteiger partial charge in [-0.3, -0.25) is 4.90 Å². The van der Waals surface area contributed by atoms with Crippen molar-refractivity contribution in [2.24, 2.45) is 5.92 Å². The Bertz CT molecular complexity index is 628. The minimum absolute atomic E-state index is 0.0197. The maximum absolute atomic E-state index is 11.2. The molecule has 0 aromatic heterocycles. The molecule has 5 heteroatoms. The molecular weight excluding hydrogens is 304 g/mol. The lowest BCUT2D eigenvalue weighted by molar-refractivity contribution is -0.122. The number of rotatable bonds is 4. The smallest absolute Gasteiger partial charge is 0.123 e. The topological polar surface area (TPSA) is 65.7 Å². The van der Waals surface area contributed by atoms with Gasteiger partial charge < -0.3 is 14.6 Å². The number of hydrogen-bond acceptors (Lipinski definition) is 5. The number of aliphatic hydroxyl groups is 1. The molecule has 1 saturated carbocycles. The predicted octanol–water partition coefficient (Wildman–Crippen LogP) is 2.90. The van der Waals surface area contributed by atoms with Crippen molar-refractivity contribution in [2.45, 2.75) is 43.7 Å². The van der Waals surface area contributed by atoms with Gasteiger partial charge in [-0.2, -0.15) is 5.26 Å². The molecule has 1 N–H and O–H groups in total. The van der Waals surface area contributed by atoms with Crippen LogP contribution < -0.4 is 9.47 Å². The van der Waals surface area contributed by atoms with E-state index in [-0.39, 0.29) is 12.0 Å². The van der Waals surface area contributed by atoms with Crippen LogP contribution in [0.1, 0.15) is 43.7 Å². The highest BCUT2D eigenvalue weighted by molar-refractivity contribution is 5.43. The highest BCUT2D eigenvalue weighted by atomic mass is 16.5. The first-order valence-electron chi connectivity index (χ1n) is 8.68. The number of hydrogen-bond donors (Lipinski definition) is 1. The van der Waals surface area contributed by atoms with Gasteiger partial charge in [0, 0.05) is 24.1 Å². The van der Waals surface area contributed by atoms with Gasteiger partial charge in [0.1, 0.15) is 11.5 Å². The fraction of sp³-hybridized carbons (Fsp3) is 0.632. The molecule has 1 aromatic carbocycles. The molecular formula is C19H26N2O3. The van der Waals surface area contributed by atoms with E-state index >= 15 is 0 Å². The van der Waals surface area contributed by atoms with Crippen LogP contribution in [0.2, 0.25) is 0 Å². The third kappa shape index (κ3) is 2.97. The van der Waals surface area contributed by atoms with Crippen LogP contribution in [0.5, 0.6) is 11.5 Å².